The lowest BCUT2D eigenvalue weighted by atomic mass is 9.74. The van der Waals surface area contributed by atoms with Gasteiger partial charge in [0.1, 0.15) is 11.6 Å². The highest BCUT2D eigenvalue weighted by Gasteiger charge is 2.46. The topological polar surface area (TPSA) is 84.6 Å². The molecular weight excluding hydrogens is 418 g/mol. The number of methoxy groups -OCH3 is 1. The number of rotatable bonds is 3. The van der Waals surface area contributed by atoms with Crippen LogP contribution in [-0.2, 0) is 20.7 Å². The van der Waals surface area contributed by atoms with E-state index in [1.54, 1.807) is 4.57 Å². The molecule has 2 aliphatic rings. The highest BCUT2D eigenvalue weighted by molar-refractivity contribution is 5.94. The zero-order valence-electron chi connectivity index (χ0n) is 20.1. The Bertz CT molecular complexity index is 1110. The van der Waals surface area contributed by atoms with E-state index in [0.29, 0.717) is 19.3 Å². The first-order valence-electron chi connectivity index (χ1n) is 11.8. The van der Waals surface area contributed by atoms with Crippen LogP contribution in [0.3, 0.4) is 0 Å². The predicted molar refractivity (Wildman–Crippen MR) is 125 cm³/mol. The molecule has 4 rings (SSSR count). The first-order chi connectivity index (χ1) is 15.7. The van der Waals surface area contributed by atoms with Crippen molar-refractivity contribution in [3.05, 3.63) is 35.5 Å². The standard InChI is InChI=1S/C26H33N3O4/c1-6-16-15-28-18(14-27)13-20-19-9-7-8-10-21(19)29(25(31)33-26(2,3)4)24(20)22(28)11-17(16)12-23(30)32-5/h7-10,16-18,22H,6,11-13,15H2,1-5H3/t16-,17+,18-,22-/m0/s1. The van der Waals surface area contributed by atoms with E-state index >= 15 is 0 Å². The van der Waals surface area contributed by atoms with Crippen molar-refractivity contribution in [2.24, 2.45) is 11.8 Å². The van der Waals surface area contributed by atoms with E-state index in [9.17, 15) is 14.9 Å². The smallest absolute Gasteiger partial charge is 0.419 e. The highest BCUT2D eigenvalue weighted by Crippen LogP contribution is 2.47. The summed E-state index contributed by atoms with van der Waals surface area (Å²) in [5.74, 6) is 0.198. The van der Waals surface area contributed by atoms with Gasteiger partial charge in [0.2, 0.25) is 0 Å². The molecule has 1 saturated heterocycles. The number of hydrogen-bond acceptors (Lipinski definition) is 6. The van der Waals surface area contributed by atoms with Gasteiger partial charge >= 0.3 is 12.1 Å². The molecule has 2 aliphatic heterocycles. The van der Waals surface area contributed by atoms with Crippen molar-refractivity contribution in [3.8, 4) is 6.07 Å². The van der Waals surface area contributed by atoms with Gasteiger partial charge in [-0.15, -0.1) is 0 Å². The first kappa shape index (κ1) is 23.3. The van der Waals surface area contributed by atoms with Gasteiger partial charge in [0.15, 0.2) is 0 Å². The maximum Gasteiger partial charge on any atom is 0.419 e. The minimum absolute atomic E-state index is 0.124. The SMILES string of the molecule is CC[C@H]1CN2[C@H](C#N)Cc3c(n(C(=O)OC(C)(C)C)c4ccccc34)[C@@H]2C[C@@H]1CC(=O)OC. The van der Waals surface area contributed by atoms with E-state index in [2.05, 4.69) is 17.9 Å². The van der Waals surface area contributed by atoms with Crippen LogP contribution in [0.5, 0.6) is 0 Å². The molecule has 4 atom stereocenters. The second-order valence-corrected chi connectivity index (χ2v) is 10.2. The molecule has 7 nitrogen and oxygen atoms in total. The van der Waals surface area contributed by atoms with Crippen LogP contribution in [0.15, 0.2) is 24.3 Å². The van der Waals surface area contributed by atoms with Crippen LogP contribution >= 0.6 is 0 Å². The summed E-state index contributed by atoms with van der Waals surface area (Å²) in [6.07, 6.45) is 2.12. The van der Waals surface area contributed by atoms with Crippen molar-refractivity contribution in [1.29, 1.82) is 5.26 Å². The summed E-state index contributed by atoms with van der Waals surface area (Å²) in [5.41, 5.74) is 2.11. The monoisotopic (exact) mass is 451 g/mol. The number of para-hydroxylation sites is 1. The van der Waals surface area contributed by atoms with Crippen molar-refractivity contribution in [2.75, 3.05) is 13.7 Å². The summed E-state index contributed by atoms with van der Waals surface area (Å²) >= 11 is 0. The second-order valence-electron chi connectivity index (χ2n) is 10.2. The third kappa shape index (κ3) is 4.24. The Morgan fingerprint density at radius 1 is 1.21 bits per heavy atom. The lowest BCUT2D eigenvalue weighted by Crippen LogP contribution is -2.51. The Balaban J connectivity index is 1.87. The Kier molecular flexibility index (Phi) is 6.24. The van der Waals surface area contributed by atoms with Crippen LogP contribution < -0.4 is 0 Å². The summed E-state index contributed by atoms with van der Waals surface area (Å²) in [7, 11) is 1.42. The maximum absolute atomic E-state index is 13.4. The molecule has 33 heavy (non-hydrogen) atoms. The van der Waals surface area contributed by atoms with Crippen molar-refractivity contribution in [3.63, 3.8) is 0 Å². The molecule has 0 amide bonds. The first-order valence-corrected chi connectivity index (χ1v) is 11.8. The molecule has 3 heterocycles. The van der Waals surface area contributed by atoms with Crippen LogP contribution in [0, 0.1) is 23.2 Å². The number of fused-ring (bicyclic) bond motifs is 5. The molecule has 2 aromatic rings. The zero-order chi connectivity index (χ0) is 23.9. The van der Waals surface area contributed by atoms with Crippen molar-refractivity contribution < 1.29 is 19.1 Å². The summed E-state index contributed by atoms with van der Waals surface area (Å²) < 4.78 is 12.5. The molecule has 176 valence electrons. The fourth-order valence-electron chi connectivity index (χ4n) is 5.61. The number of nitriles is 1. The van der Waals surface area contributed by atoms with E-state index in [4.69, 9.17) is 9.47 Å². The predicted octanol–water partition coefficient (Wildman–Crippen LogP) is 4.83. The lowest BCUT2D eigenvalue weighted by molar-refractivity contribution is -0.143. The van der Waals surface area contributed by atoms with E-state index in [1.807, 2.05) is 45.0 Å². The molecule has 1 aromatic carbocycles. The minimum atomic E-state index is -0.633. The number of benzene rings is 1. The molecular formula is C26H33N3O4. The van der Waals surface area contributed by atoms with Gasteiger partial charge in [-0.1, -0.05) is 31.5 Å². The van der Waals surface area contributed by atoms with Crippen molar-refractivity contribution in [2.45, 2.75) is 71.1 Å². The largest absolute Gasteiger partial charge is 0.469 e. The molecule has 0 aliphatic carbocycles. The zero-order valence-corrected chi connectivity index (χ0v) is 20.1. The molecule has 0 saturated carbocycles. The van der Waals surface area contributed by atoms with E-state index < -0.39 is 11.7 Å². The lowest BCUT2D eigenvalue weighted by Gasteiger charge is -2.48. The second kappa shape index (κ2) is 8.83. The van der Waals surface area contributed by atoms with Gasteiger partial charge in [-0.25, -0.2) is 9.36 Å². The number of nitrogens with zero attached hydrogens (tertiary/aromatic N) is 3. The van der Waals surface area contributed by atoms with Gasteiger partial charge in [0.05, 0.1) is 30.4 Å². The normalized spacial score (nSPS) is 25.1. The van der Waals surface area contributed by atoms with Gasteiger partial charge in [-0.3, -0.25) is 9.69 Å². The van der Waals surface area contributed by atoms with Crippen molar-refractivity contribution in [1.82, 2.24) is 9.47 Å². The average molecular weight is 452 g/mol. The third-order valence-corrected chi connectivity index (χ3v) is 7.08. The summed E-state index contributed by atoms with van der Waals surface area (Å²) in [5, 5.41) is 11.0. The molecule has 7 heteroatoms. The summed E-state index contributed by atoms with van der Waals surface area (Å²) in [4.78, 5) is 27.9. The Hall–Kier alpha value is -2.85. The summed E-state index contributed by atoms with van der Waals surface area (Å²) in [6.45, 7) is 8.43. The van der Waals surface area contributed by atoms with Gasteiger partial charge in [0.25, 0.3) is 0 Å². The van der Waals surface area contributed by atoms with Crippen LogP contribution in [0.25, 0.3) is 10.9 Å². The number of esters is 1. The van der Waals surface area contributed by atoms with Gasteiger partial charge in [-0.05, 0) is 50.7 Å². The van der Waals surface area contributed by atoms with Crippen molar-refractivity contribution >= 4 is 23.0 Å². The number of ether oxygens (including phenoxy) is 2. The molecule has 0 radical (unpaired) electrons. The minimum Gasteiger partial charge on any atom is -0.469 e. The number of aromatic nitrogens is 1. The molecule has 1 fully saturated rings. The van der Waals surface area contributed by atoms with E-state index in [1.165, 1.54) is 7.11 Å². The van der Waals surface area contributed by atoms with E-state index in [-0.39, 0.29) is 29.9 Å². The quantitative estimate of drug-likeness (QED) is 0.622. The Morgan fingerprint density at radius 3 is 2.58 bits per heavy atom. The fourth-order valence-corrected chi connectivity index (χ4v) is 5.61. The van der Waals surface area contributed by atoms with E-state index in [0.717, 1.165) is 35.1 Å². The number of hydrogen-bond donors (Lipinski definition) is 0. The van der Waals surface area contributed by atoms with Crippen LogP contribution in [-0.4, -0.2) is 46.8 Å². The van der Waals surface area contributed by atoms with Crippen LogP contribution in [0.1, 0.15) is 64.3 Å². The summed E-state index contributed by atoms with van der Waals surface area (Å²) in [6, 6.07) is 9.93. The number of carbonyl (C=O) groups excluding carboxylic acids is 2. The van der Waals surface area contributed by atoms with Gasteiger partial charge in [-0.2, -0.15) is 5.26 Å². The Morgan fingerprint density at radius 2 is 1.94 bits per heavy atom. The third-order valence-electron chi connectivity index (χ3n) is 7.08. The molecule has 0 N–H and O–H groups in total. The van der Waals surface area contributed by atoms with Crippen LogP contribution in [0.2, 0.25) is 0 Å². The average Bonchev–Trinajstić information content (AvgIpc) is 3.11. The number of piperidine rings is 1. The molecule has 0 bridgehead atoms. The van der Waals surface area contributed by atoms with Crippen LogP contribution in [0.4, 0.5) is 4.79 Å². The highest BCUT2D eigenvalue weighted by atomic mass is 16.6. The number of carbonyl (C=O) groups is 2. The Labute approximate surface area is 195 Å². The fraction of sp³-hybridized carbons (Fsp3) is 0.577. The molecule has 1 aromatic heterocycles. The molecule has 0 unspecified atom stereocenters. The van der Waals surface area contributed by atoms with Gasteiger partial charge in [0, 0.05) is 24.8 Å². The maximum atomic E-state index is 13.4. The molecule has 0 spiro atoms. The van der Waals surface area contributed by atoms with Gasteiger partial charge < -0.3 is 9.47 Å².